The van der Waals surface area contributed by atoms with E-state index in [0.717, 1.165) is 22.4 Å². The third kappa shape index (κ3) is 3.58. The van der Waals surface area contributed by atoms with Gasteiger partial charge in [-0.2, -0.15) is 0 Å². The molecule has 3 aromatic heterocycles. The molecule has 0 unspecified atom stereocenters. The standard InChI is InChI=1S/C15H14BrN3OS/c16-13-5-4-12(21-13)6-7-17-10-11-9-15(20)19-8-2-1-3-14(19)18-11/h1-5,8-9,17H,6-7,10H2. The van der Waals surface area contributed by atoms with E-state index < -0.39 is 0 Å². The van der Waals surface area contributed by atoms with E-state index in [0.29, 0.717) is 12.2 Å². The summed E-state index contributed by atoms with van der Waals surface area (Å²) in [4.78, 5) is 17.8. The molecule has 3 rings (SSSR count). The fourth-order valence-electron chi connectivity index (χ4n) is 2.11. The Balaban J connectivity index is 1.61. The first-order valence-corrected chi connectivity index (χ1v) is 8.25. The van der Waals surface area contributed by atoms with Crippen LogP contribution in [0.4, 0.5) is 0 Å². The van der Waals surface area contributed by atoms with E-state index >= 15 is 0 Å². The van der Waals surface area contributed by atoms with Gasteiger partial charge in [0.1, 0.15) is 5.65 Å². The van der Waals surface area contributed by atoms with Crippen molar-refractivity contribution in [1.29, 1.82) is 0 Å². The zero-order valence-corrected chi connectivity index (χ0v) is 13.7. The van der Waals surface area contributed by atoms with Gasteiger partial charge in [0, 0.05) is 30.2 Å². The van der Waals surface area contributed by atoms with E-state index in [1.165, 1.54) is 4.88 Å². The summed E-state index contributed by atoms with van der Waals surface area (Å²) >= 11 is 5.21. The van der Waals surface area contributed by atoms with Gasteiger partial charge in [0.15, 0.2) is 0 Å². The number of rotatable bonds is 5. The first-order valence-electron chi connectivity index (χ1n) is 6.64. The first kappa shape index (κ1) is 14.4. The minimum absolute atomic E-state index is 0.0420. The van der Waals surface area contributed by atoms with Crippen LogP contribution in [-0.2, 0) is 13.0 Å². The zero-order valence-electron chi connectivity index (χ0n) is 11.3. The normalized spacial score (nSPS) is 11.1. The summed E-state index contributed by atoms with van der Waals surface area (Å²) in [7, 11) is 0. The van der Waals surface area contributed by atoms with Crippen LogP contribution in [0.1, 0.15) is 10.6 Å². The SMILES string of the molecule is O=c1cc(CNCCc2ccc(Br)s2)nc2ccccn12. The van der Waals surface area contributed by atoms with Gasteiger partial charge >= 0.3 is 0 Å². The predicted molar refractivity (Wildman–Crippen MR) is 88.9 cm³/mol. The number of aromatic nitrogens is 2. The monoisotopic (exact) mass is 363 g/mol. The van der Waals surface area contributed by atoms with Gasteiger partial charge in [-0.15, -0.1) is 11.3 Å². The molecule has 0 amide bonds. The first-order chi connectivity index (χ1) is 10.2. The molecule has 0 saturated carbocycles. The third-order valence-electron chi connectivity index (χ3n) is 3.11. The molecule has 0 radical (unpaired) electrons. The Bertz CT molecular complexity index is 812. The summed E-state index contributed by atoms with van der Waals surface area (Å²) < 4.78 is 2.70. The molecule has 0 aromatic carbocycles. The lowest BCUT2D eigenvalue weighted by Gasteiger charge is -2.05. The largest absolute Gasteiger partial charge is 0.311 e. The molecule has 1 N–H and O–H groups in total. The van der Waals surface area contributed by atoms with Crippen LogP contribution in [-0.4, -0.2) is 15.9 Å². The Labute approximate surface area is 134 Å². The van der Waals surface area contributed by atoms with Crippen LogP contribution in [0.2, 0.25) is 0 Å². The molecular weight excluding hydrogens is 350 g/mol. The Kier molecular flexibility index (Phi) is 4.48. The number of hydrogen-bond donors (Lipinski definition) is 1. The molecule has 3 aromatic rings. The molecule has 4 nitrogen and oxygen atoms in total. The fraction of sp³-hybridized carbons (Fsp3) is 0.200. The Morgan fingerprint density at radius 1 is 1.29 bits per heavy atom. The van der Waals surface area contributed by atoms with Crippen LogP contribution in [0.5, 0.6) is 0 Å². The Morgan fingerprint density at radius 2 is 2.19 bits per heavy atom. The topological polar surface area (TPSA) is 46.4 Å². The number of pyridine rings is 1. The minimum atomic E-state index is -0.0420. The van der Waals surface area contributed by atoms with Gasteiger partial charge in [0.2, 0.25) is 0 Å². The average molecular weight is 364 g/mol. The van der Waals surface area contributed by atoms with Gasteiger partial charge in [-0.25, -0.2) is 4.98 Å². The Hall–Kier alpha value is -1.50. The van der Waals surface area contributed by atoms with Crippen LogP contribution in [0.25, 0.3) is 5.65 Å². The molecule has 0 bridgehead atoms. The van der Waals surface area contributed by atoms with E-state index in [1.807, 2.05) is 18.2 Å². The van der Waals surface area contributed by atoms with Gasteiger partial charge in [0.25, 0.3) is 5.56 Å². The highest BCUT2D eigenvalue weighted by Crippen LogP contribution is 2.22. The second-order valence-electron chi connectivity index (χ2n) is 4.65. The number of nitrogens with zero attached hydrogens (tertiary/aromatic N) is 2. The van der Waals surface area contributed by atoms with Crippen LogP contribution in [0, 0.1) is 0 Å². The molecule has 3 heterocycles. The van der Waals surface area contributed by atoms with Gasteiger partial charge in [-0.3, -0.25) is 9.20 Å². The molecule has 0 atom stereocenters. The van der Waals surface area contributed by atoms with Crippen LogP contribution >= 0.6 is 27.3 Å². The minimum Gasteiger partial charge on any atom is -0.311 e. The second-order valence-corrected chi connectivity index (χ2v) is 7.19. The van der Waals surface area contributed by atoms with Crippen molar-refractivity contribution in [1.82, 2.24) is 14.7 Å². The third-order valence-corrected chi connectivity index (χ3v) is 4.79. The van der Waals surface area contributed by atoms with E-state index in [2.05, 4.69) is 38.4 Å². The molecule has 0 spiro atoms. The van der Waals surface area contributed by atoms with Crippen molar-refractivity contribution in [3.63, 3.8) is 0 Å². The number of thiophene rings is 1. The van der Waals surface area contributed by atoms with Gasteiger partial charge in [-0.1, -0.05) is 6.07 Å². The maximum Gasteiger partial charge on any atom is 0.258 e. The smallest absolute Gasteiger partial charge is 0.258 e. The molecule has 21 heavy (non-hydrogen) atoms. The molecule has 0 aliphatic heterocycles. The van der Waals surface area contributed by atoms with Gasteiger partial charge in [-0.05, 0) is 46.6 Å². The van der Waals surface area contributed by atoms with E-state index in [4.69, 9.17) is 0 Å². The van der Waals surface area contributed by atoms with Crippen LogP contribution in [0.3, 0.4) is 0 Å². The second kappa shape index (κ2) is 6.51. The van der Waals surface area contributed by atoms with E-state index in [-0.39, 0.29) is 5.56 Å². The average Bonchev–Trinajstić information content (AvgIpc) is 2.89. The maximum atomic E-state index is 11.9. The molecule has 108 valence electrons. The highest BCUT2D eigenvalue weighted by Gasteiger charge is 2.02. The van der Waals surface area contributed by atoms with Crippen molar-refractivity contribution in [3.8, 4) is 0 Å². The number of halogens is 1. The lowest BCUT2D eigenvalue weighted by atomic mass is 10.3. The molecule has 0 saturated heterocycles. The quantitative estimate of drug-likeness (QED) is 0.709. The van der Waals surface area contributed by atoms with Gasteiger partial charge in [0.05, 0.1) is 9.48 Å². The molecule has 0 fully saturated rings. The van der Waals surface area contributed by atoms with Crippen molar-refractivity contribution in [2.75, 3.05) is 6.54 Å². The molecule has 6 heteroatoms. The number of hydrogen-bond acceptors (Lipinski definition) is 4. The van der Waals surface area contributed by atoms with Crippen molar-refractivity contribution in [2.45, 2.75) is 13.0 Å². The Morgan fingerprint density at radius 3 is 3.00 bits per heavy atom. The summed E-state index contributed by atoms with van der Waals surface area (Å²) in [5, 5.41) is 3.33. The number of nitrogens with one attached hydrogen (secondary N) is 1. The summed E-state index contributed by atoms with van der Waals surface area (Å²) in [6, 6.07) is 11.3. The van der Waals surface area contributed by atoms with Crippen molar-refractivity contribution in [3.05, 3.63) is 67.3 Å². The number of fused-ring (bicyclic) bond motifs is 1. The molecule has 0 aliphatic carbocycles. The lowest BCUT2D eigenvalue weighted by Crippen LogP contribution is -2.21. The summed E-state index contributed by atoms with van der Waals surface area (Å²) in [6.07, 6.45) is 2.71. The van der Waals surface area contributed by atoms with E-state index in [1.54, 1.807) is 28.0 Å². The van der Waals surface area contributed by atoms with Crippen molar-refractivity contribution in [2.24, 2.45) is 0 Å². The van der Waals surface area contributed by atoms with Crippen molar-refractivity contribution < 1.29 is 0 Å². The van der Waals surface area contributed by atoms with Crippen LogP contribution in [0.15, 0.2) is 51.2 Å². The highest BCUT2D eigenvalue weighted by atomic mass is 79.9. The lowest BCUT2D eigenvalue weighted by molar-refractivity contribution is 0.676. The summed E-state index contributed by atoms with van der Waals surface area (Å²) in [5.74, 6) is 0. The molecule has 0 aliphatic rings. The maximum absolute atomic E-state index is 11.9. The van der Waals surface area contributed by atoms with Gasteiger partial charge < -0.3 is 5.32 Å². The highest BCUT2D eigenvalue weighted by molar-refractivity contribution is 9.11. The predicted octanol–water partition coefficient (Wildman–Crippen LogP) is 2.85. The van der Waals surface area contributed by atoms with Crippen LogP contribution < -0.4 is 10.9 Å². The van der Waals surface area contributed by atoms with E-state index in [9.17, 15) is 4.79 Å². The summed E-state index contributed by atoms with van der Waals surface area (Å²) in [6.45, 7) is 1.47. The zero-order chi connectivity index (χ0) is 14.7. The fourth-order valence-corrected chi connectivity index (χ4v) is 3.59. The summed E-state index contributed by atoms with van der Waals surface area (Å²) in [5.41, 5.74) is 1.42. The van der Waals surface area contributed by atoms with Crippen molar-refractivity contribution >= 4 is 32.9 Å². The molecular formula is C15H14BrN3OS.